The van der Waals surface area contributed by atoms with Gasteiger partial charge in [-0.25, -0.2) is 4.98 Å². The van der Waals surface area contributed by atoms with Crippen LogP contribution in [-0.2, 0) is 6.54 Å². The van der Waals surface area contributed by atoms with Gasteiger partial charge >= 0.3 is 0 Å². The Morgan fingerprint density at radius 2 is 2.29 bits per heavy atom. The summed E-state index contributed by atoms with van der Waals surface area (Å²) >= 11 is 5.79. The zero-order valence-corrected chi connectivity index (χ0v) is 9.38. The van der Waals surface area contributed by atoms with Crippen molar-refractivity contribution in [3.63, 3.8) is 0 Å². The monoisotopic (exact) mass is 213 g/mol. The molecular formula is C10H16ClN3. The molecule has 0 bridgehead atoms. The second kappa shape index (κ2) is 5.96. The molecule has 14 heavy (non-hydrogen) atoms. The number of hydrogen-bond acceptors (Lipinski definition) is 3. The number of nitrogens with one attached hydrogen (secondary N) is 1. The fourth-order valence-corrected chi connectivity index (χ4v) is 1.38. The van der Waals surface area contributed by atoms with E-state index < -0.39 is 0 Å². The third kappa shape index (κ3) is 4.05. The summed E-state index contributed by atoms with van der Waals surface area (Å²) in [5.74, 6) is 0. The van der Waals surface area contributed by atoms with Crippen LogP contribution in [0.5, 0.6) is 0 Å². The molecule has 1 aromatic heterocycles. The maximum Gasteiger partial charge on any atom is 0.129 e. The lowest BCUT2D eigenvalue weighted by molar-refractivity contribution is 0.324. The molecule has 3 nitrogen and oxygen atoms in total. The minimum atomic E-state index is 0.560. The summed E-state index contributed by atoms with van der Waals surface area (Å²) in [5, 5.41) is 3.67. The number of rotatable bonds is 5. The summed E-state index contributed by atoms with van der Waals surface area (Å²) in [7, 11) is 4.02. The molecule has 0 aromatic carbocycles. The van der Waals surface area contributed by atoms with E-state index >= 15 is 0 Å². The summed E-state index contributed by atoms with van der Waals surface area (Å²) < 4.78 is 0. The Morgan fingerprint density at radius 1 is 1.50 bits per heavy atom. The molecule has 78 valence electrons. The Bertz CT molecular complexity index is 278. The Hall–Kier alpha value is -0.640. The zero-order chi connectivity index (χ0) is 10.4. The largest absolute Gasteiger partial charge is 0.318 e. The van der Waals surface area contributed by atoms with Gasteiger partial charge in [-0.3, -0.25) is 4.90 Å². The quantitative estimate of drug-likeness (QED) is 0.750. The second-order valence-electron chi connectivity index (χ2n) is 3.29. The first-order valence-electron chi connectivity index (χ1n) is 4.67. The van der Waals surface area contributed by atoms with Gasteiger partial charge in [0.2, 0.25) is 0 Å². The Balaban J connectivity index is 2.43. The number of hydrogen-bond donors (Lipinski definition) is 1. The maximum atomic E-state index is 5.79. The third-order valence-corrected chi connectivity index (χ3v) is 2.16. The highest BCUT2D eigenvalue weighted by atomic mass is 35.5. The maximum absolute atomic E-state index is 5.79. The van der Waals surface area contributed by atoms with Gasteiger partial charge in [0, 0.05) is 19.6 Å². The van der Waals surface area contributed by atoms with Crippen LogP contribution in [0.15, 0.2) is 18.2 Å². The van der Waals surface area contributed by atoms with Crippen molar-refractivity contribution in [3.8, 4) is 0 Å². The van der Waals surface area contributed by atoms with Gasteiger partial charge in [-0.15, -0.1) is 0 Å². The fourth-order valence-electron chi connectivity index (χ4n) is 1.20. The standard InChI is InChI=1S/C10H16ClN3/c1-12-6-7-14(2)8-9-4-3-5-10(11)13-9/h3-5,12H,6-8H2,1-2H3. The molecule has 0 aliphatic rings. The molecule has 1 aromatic rings. The smallest absolute Gasteiger partial charge is 0.129 e. The highest BCUT2D eigenvalue weighted by Gasteiger charge is 2.00. The van der Waals surface area contributed by atoms with E-state index in [0.717, 1.165) is 25.3 Å². The van der Waals surface area contributed by atoms with Crippen LogP contribution in [0.3, 0.4) is 0 Å². The van der Waals surface area contributed by atoms with Crippen LogP contribution in [0.25, 0.3) is 0 Å². The summed E-state index contributed by atoms with van der Waals surface area (Å²) in [4.78, 5) is 6.43. The van der Waals surface area contributed by atoms with Crippen LogP contribution >= 0.6 is 11.6 Å². The van der Waals surface area contributed by atoms with E-state index in [1.165, 1.54) is 0 Å². The second-order valence-corrected chi connectivity index (χ2v) is 3.68. The van der Waals surface area contributed by atoms with Gasteiger partial charge in [-0.1, -0.05) is 17.7 Å². The third-order valence-electron chi connectivity index (χ3n) is 1.95. The predicted molar refractivity (Wildman–Crippen MR) is 59.5 cm³/mol. The molecule has 1 rings (SSSR count). The van der Waals surface area contributed by atoms with Crippen LogP contribution < -0.4 is 5.32 Å². The molecule has 0 saturated carbocycles. The average Bonchev–Trinajstić information content (AvgIpc) is 2.15. The van der Waals surface area contributed by atoms with Crippen LogP contribution in [0, 0.1) is 0 Å². The van der Waals surface area contributed by atoms with Crippen molar-refractivity contribution in [1.82, 2.24) is 15.2 Å². The van der Waals surface area contributed by atoms with E-state index in [1.54, 1.807) is 6.07 Å². The van der Waals surface area contributed by atoms with Crippen molar-refractivity contribution < 1.29 is 0 Å². The van der Waals surface area contributed by atoms with Crippen molar-refractivity contribution in [2.75, 3.05) is 27.2 Å². The highest BCUT2D eigenvalue weighted by molar-refractivity contribution is 6.29. The normalized spacial score (nSPS) is 10.9. The van der Waals surface area contributed by atoms with Crippen LogP contribution in [0.4, 0.5) is 0 Å². The Kier molecular flexibility index (Phi) is 4.87. The Morgan fingerprint density at radius 3 is 2.93 bits per heavy atom. The van der Waals surface area contributed by atoms with Crippen molar-refractivity contribution >= 4 is 11.6 Å². The lowest BCUT2D eigenvalue weighted by Crippen LogP contribution is -2.27. The SMILES string of the molecule is CNCCN(C)Cc1cccc(Cl)n1. The summed E-state index contributed by atoms with van der Waals surface area (Å²) in [6, 6.07) is 5.71. The predicted octanol–water partition coefficient (Wildman–Crippen LogP) is 1.39. The van der Waals surface area contributed by atoms with Gasteiger partial charge in [-0.2, -0.15) is 0 Å². The molecule has 0 atom stereocenters. The van der Waals surface area contributed by atoms with E-state index in [-0.39, 0.29) is 0 Å². The molecule has 0 spiro atoms. The minimum Gasteiger partial charge on any atom is -0.318 e. The van der Waals surface area contributed by atoms with Crippen LogP contribution in [0.1, 0.15) is 5.69 Å². The fraction of sp³-hybridized carbons (Fsp3) is 0.500. The highest BCUT2D eigenvalue weighted by Crippen LogP contribution is 2.06. The van der Waals surface area contributed by atoms with E-state index in [4.69, 9.17) is 11.6 Å². The number of nitrogens with zero attached hydrogens (tertiary/aromatic N) is 2. The zero-order valence-electron chi connectivity index (χ0n) is 8.63. The first-order chi connectivity index (χ1) is 6.72. The summed E-state index contributed by atoms with van der Waals surface area (Å²) in [6.45, 7) is 2.82. The van der Waals surface area contributed by atoms with Crippen molar-refractivity contribution in [2.45, 2.75) is 6.54 Å². The number of aromatic nitrogens is 1. The van der Waals surface area contributed by atoms with Crippen molar-refractivity contribution in [2.24, 2.45) is 0 Å². The number of likely N-dealkylation sites (N-methyl/N-ethyl adjacent to an activating group) is 2. The van der Waals surface area contributed by atoms with Crippen molar-refractivity contribution in [3.05, 3.63) is 29.0 Å². The van der Waals surface area contributed by atoms with E-state index in [1.807, 2.05) is 19.2 Å². The minimum absolute atomic E-state index is 0.560. The molecule has 0 unspecified atom stereocenters. The van der Waals surface area contributed by atoms with Gasteiger partial charge in [0.15, 0.2) is 0 Å². The van der Waals surface area contributed by atoms with Gasteiger partial charge in [0.1, 0.15) is 5.15 Å². The Labute approximate surface area is 90.1 Å². The summed E-state index contributed by atoms with van der Waals surface area (Å²) in [6.07, 6.45) is 0. The molecule has 0 fully saturated rings. The number of pyridine rings is 1. The lowest BCUT2D eigenvalue weighted by atomic mass is 10.3. The molecule has 0 aliphatic heterocycles. The molecule has 4 heteroatoms. The van der Waals surface area contributed by atoms with E-state index in [9.17, 15) is 0 Å². The van der Waals surface area contributed by atoms with E-state index in [0.29, 0.717) is 5.15 Å². The van der Waals surface area contributed by atoms with Gasteiger partial charge < -0.3 is 5.32 Å². The first-order valence-corrected chi connectivity index (χ1v) is 5.04. The molecule has 1 heterocycles. The summed E-state index contributed by atoms with van der Waals surface area (Å²) in [5.41, 5.74) is 1.01. The molecule has 0 saturated heterocycles. The molecule has 0 radical (unpaired) electrons. The van der Waals surface area contributed by atoms with E-state index in [2.05, 4.69) is 22.2 Å². The van der Waals surface area contributed by atoms with Crippen LogP contribution in [-0.4, -0.2) is 37.1 Å². The lowest BCUT2D eigenvalue weighted by Gasteiger charge is -2.15. The first kappa shape index (κ1) is 11.4. The van der Waals surface area contributed by atoms with Crippen LogP contribution in [0.2, 0.25) is 5.15 Å². The van der Waals surface area contributed by atoms with Crippen molar-refractivity contribution in [1.29, 1.82) is 0 Å². The topological polar surface area (TPSA) is 28.2 Å². The molecule has 1 N–H and O–H groups in total. The van der Waals surface area contributed by atoms with Gasteiger partial charge in [-0.05, 0) is 26.2 Å². The van der Waals surface area contributed by atoms with Gasteiger partial charge in [0.05, 0.1) is 5.69 Å². The molecule has 0 aliphatic carbocycles. The number of halogens is 1. The van der Waals surface area contributed by atoms with Gasteiger partial charge in [0.25, 0.3) is 0 Å². The molecule has 0 amide bonds. The average molecular weight is 214 g/mol. The molecular weight excluding hydrogens is 198 g/mol.